The average molecular weight is 184 g/mol. The smallest absolute Gasteiger partial charge is 0.0122 e. The predicted molar refractivity (Wildman–Crippen MR) is 58.0 cm³/mol. The zero-order chi connectivity index (χ0) is 9.84. The third kappa shape index (κ3) is 3.28. The van der Waals surface area contributed by atoms with Crippen molar-refractivity contribution in [3.63, 3.8) is 0 Å². The monoisotopic (exact) mass is 184 g/mol. The standard InChI is InChI=1S/C11H24N2/c1-5-6-13(4)11-7-10(8-11)12-9(2)3/h9-12H,5-8H2,1-4H3. The van der Waals surface area contributed by atoms with Crippen LogP contribution in [0.4, 0.5) is 0 Å². The fraction of sp³-hybridized carbons (Fsp3) is 1.00. The molecule has 0 aromatic rings. The summed E-state index contributed by atoms with van der Waals surface area (Å²) in [5.74, 6) is 0. The van der Waals surface area contributed by atoms with Gasteiger partial charge in [0.2, 0.25) is 0 Å². The Hall–Kier alpha value is -0.0800. The van der Waals surface area contributed by atoms with E-state index in [1.54, 1.807) is 0 Å². The summed E-state index contributed by atoms with van der Waals surface area (Å²) < 4.78 is 0. The molecule has 2 heteroatoms. The first kappa shape index (κ1) is 11.0. The van der Waals surface area contributed by atoms with E-state index < -0.39 is 0 Å². The minimum atomic E-state index is 0.641. The average Bonchev–Trinajstić information content (AvgIpc) is 1.95. The third-order valence-electron chi connectivity index (χ3n) is 2.88. The number of nitrogens with zero attached hydrogens (tertiary/aromatic N) is 1. The zero-order valence-corrected chi connectivity index (χ0v) is 9.51. The van der Waals surface area contributed by atoms with Gasteiger partial charge in [0.1, 0.15) is 0 Å². The first-order valence-electron chi connectivity index (χ1n) is 5.59. The highest BCUT2D eigenvalue weighted by Crippen LogP contribution is 2.25. The van der Waals surface area contributed by atoms with Crippen molar-refractivity contribution in [1.82, 2.24) is 10.2 Å². The number of rotatable bonds is 5. The second-order valence-electron chi connectivity index (χ2n) is 4.62. The van der Waals surface area contributed by atoms with Crippen molar-refractivity contribution >= 4 is 0 Å². The number of hydrogen-bond acceptors (Lipinski definition) is 2. The van der Waals surface area contributed by atoms with Gasteiger partial charge in [-0.25, -0.2) is 0 Å². The summed E-state index contributed by atoms with van der Waals surface area (Å²) in [6.07, 6.45) is 3.96. The van der Waals surface area contributed by atoms with Crippen molar-refractivity contribution in [3.05, 3.63) is 0 Å². The lowest BCUT2D eigenvalue weighted by Crippen LogP contribution is -2.53. The van der Waals surface area contributed by atoms with Crippen LogP contribution >= 0.6 is 0 Å². The summed E-state index contributed by atoms with van der Waals surface area (Å²) in [6.45, 7) is 7.95. The van der Waals surface area contributed by atoms with Gasteiger partial charge in [-0.3, -0.25) is 0 Å². The molecule has 1 saturated carbocycles. The molecule has 0 atom stereocenters. The van der Waals surface area contributed by atoms with E-state index in [0.717, 1.165) is 12.1 Å². The zero-order valence-electron chi connectivity index (χ0n) is 9.51. The molecule has 1 N–H and O–H groups in total. The molecular weight excluding hydrogens is 160 g/mol. The first-order chi connectivity index (χ1) is 6.13. The molecule has 1 fully saturated rings. The van der Waals surface area contributed by atoms with Gasteiger partial charge in [0.05, 0.1) is 0 Å². The molecule has 0 unspecified atom stereocenters. The molecule has 2 nitrogen and oxygen atoms in total. The molecule has 0 spiro atoms. The Bertz CT molecular complexity index is 139. The number of nitrogens with one attached hydrogen (secondary N) is 1. The maximum Gasteiger partial charge on any atom is 0.0122 e. The van der Waals surface area contributed by atoms with Crippen LogP contribution in [0.25, 0.3) is 0 Å². The Kier molecular flexibility index (Phi) is 4.20. The lowest BCUT2D eigenvalue weighted by Gasteiger charge is -2.42. The highest BCUT2D eigenvalue weighted by Gasteiger charge is 2.31. The van der Waals surface area contributed by atoms with Gasteiger partial charge in [0.15, 0.2) is 0 Å². The maximum absolute atomic E-state index is 3.58. The molecular formula is C11H24N2. The van der Waals surface area contributed by atoms with Gasteiger partial charge in [0, 0.05) is 18.1 Å². The Morgan fingerprint density at radius 1 is 1.38 bits per heavy atom. The Morgan fingerprint density at radius 3 is 2.46 bits per heavy atom. The Labute approximate surface area is 82.7 Å². The largest absolute Gasteiger partial charge is 0.312 e. The molecule has 0 radical (unpaired) electrons. The molecule has 0 bridgehead atoms. The van der Waals surface area contributed by atoms with Crippen LogP contribution in [0.3, 0.4) is 0 Å². The second kappa shape index (κ2) is 4.97. The predicted octanol–water partition coefficient (Wildman–Crippen LogP) is 1.86. The second-order valence-corrected chi connectivity index (χ2v) is 4.62. The van der Waals surface area contributed by atoms with Crippen molar-refractivity contribution in [1.29, 1.82) is 0 Å². The first-order valence-corrected chi connectivity index (χ1v) is 5.59. The van der Waals surface area contributed by atoms with Crippen LogP contribution in [-0.2, 0) is 0 Å². The summed E-state index contributed by atoms with van der Waals surface area (Å²) in [5, 5.41) is 3.58. The van der Waals surface area contributed by atoms with E-state index in [4.69, 9.17) is 0 Å². The Balaban J connectivity index is 2.10. The SMILES string of the molecule is CCCN(C)C1CC(NC(C)C)C1. The molecule has 0 heterocycles. The van der Waals surface area contributed by atoms with E-state index in [-0.39, 0.29) is 0 Å². The lowest BCUT2D eigenvalue weighted by atomic mass is 9.85. The van der Waals surface area contributed by atoms with Crippen LogP contribution in [0.1, 0.15) is 40.0 Å². The minimum absolute atomic E-state index is 0.641. The van der Waals surface area contributed by atoms with Crippen LogP contribution in [0.2, 0.25) is 0 Å². The molecule has 13 heavy (non-hydrogen) atoms. The molecule has 1 rings (SSSR count). The van der Waals surface area contributed by atoms with Gasteiger partial charge in [-0.2, -0.15) is 0 Å². The third-order valence-corrected chi connectivity index (χ3v) is 2.88. The molecule has 0 aromatic heterocycles. The highest BCUT2D eigenvalue weighted by molar-refractivity contribution is 4.91. The van der Waals surface area contributed by atoms with E-state index in [2.05, 4.69) is 38.0 Å². The minimum Gasteiger partial charge on any atom is -0.312 e. The quantitative estimate of drug-likeness (QED) is 0.701. The van der Waals surface area contributed by atoms with E-state index in [1.807, 2.05) is 0 Å². The fourth-order valence-electron chi connectivity index (χ4n) is 2.09. The van der Waals surface area contributed by atoms with E-state index >= 15 is 0 Å². The van der Waals surface area contributed by atoms with Crippen molar-refractivity contribution in [3.8, 4) is 0 Å². The van der Waals surface area contributed by atoms with Crippen LogP contribution in [-0.4, -0.2) is 36.6 Å². The topological polar surface area (TPSA) is 15.3 Å². The summed E-state index contributed by atoms with van der Waals surface area (Å²) >= 11 is 0. The molecule has 78 valence electrons. The summed E-state index contributed by atoms with van der Waals surface area (Å²) in [5.41, 5.74) is 0. The van der Waals surface area contributed by atoms with Crippen molar-refractivity contribution in [2.45, 2.75) is 58.2 Å². The molecule has 1 aliphatic rings. The lowest BCUT2D eigenvalue weighted by molar-refractivity contribution is 0.117. The van der Waals surface area contributed by atoms with Gasteiger partial charge in [-0.05, 0) is 32.9 Å². The Morgan fingerprint density at radius 2 is 2.00 bits per heavy atom. The molecule has 1 aliphatic carbocycles. The van der Waals surface area contributed by atoms with Gasteiger partial charge >= 0.3 is 0 Å². The van der Waals surface area contributed by atoms with Gasteiger partial charge < -0.3 is 10.2 Å². The molecule has 0 amide bonds. The summed E-state index contributed by atoms with van der Waals surface area (Å²) in [4.78, 5) is 2.50. The van der Waals surface area contributed by atoms with Crippen LogP contribution in [0.15, 0.2) is 0 Å². The highest BCUT2D eigenvalue weighted by atomic mass is 15.2. The van der Waals surface area contributed by atoms with Crippen LogP contribution in [0, 0.1) is 0 Å². The van der Waals surface area contributed by atoms with Gasteiger partial charge in [-0.15, -0.1) is 0 Å². The molecule has 0 aliphatic heterocycles. The van der Waals surface area contributed by atoms with Crippen molar-refractivity contribution < 1.29 is 0 Å². The molecule has 0 saturated heterocycles. The van der Waals surface area contributed by atoms with Crippen LogP contribution < -0.4 is 5.32 Å². The van der Waals surface area contributed by atoms with Crippen molar-refractivity contribution in [2.24, 2.45) is 0 Å². The van der Waals surface area contributed by atoms with E-state index in [0.29, 0.717) is 6.04 Å². The maximum atomic E-state index is 3.58. The summed E-state index contributed by atoms with van der Waals surface area (Å²) in [7, 11) is 2.25. The fourth-order valence-corrected chi connectivity index (χ4v) is 2.09. The normalized spacial score (nSPS) is 28.2. The number of hydrogen-bond donors (Lipinski definition) is 1. The van der Waals surface area contributed by atoms with Gasteiger partial charge in [-0.1, -0.05) is 20.8 Å². The van der Waals surface area contributed by atoms with E-state index in [9.17, 15) is 0 Å². The summed E-state index contributed by atoms with van der Waals surface area (Å²) in [6, 6.07) is 2.27. The van der Waals surface area contributed by atoms with Crippen molar-refractivity contribution in [2.75, 3.05) is 13.6 Å². The molecule has 0 aromatic carbocycles. The van der Waals surface area contributed by atoms with E-state index in [1.165, 1.54) is 25.8 Å². The van der Waals surface area contributed by atoms with Crippen LogP contribution in [0.5, 0.6) is 0 Å². The van der Waals surface area contributed by atoms with Gasteiger partial charge in [0.25, 0.3) is 0 Å².